The average molecular weight is 599 g/mol. The molecule has 0 radical (unpaired) electrons. The Morgan fingerprint density at radius 2 is 0.953 bits per heavy atom. The summed E-state index contributed by atoms with van der Waals surface area (Å²) in [7, 11) is 11.6. The lowest BCUT2D eigenvalue weighted by molar-refractivity contribution is 0.0595. The van der Waals surface area contributed by atoms with E-state index in [1.54, 1.807) is 42.7 Å². The Hall–Kier alpha value is -3.40. The van der Waals surface area contributed by atoms with Crippen LogP contribution in [0.3, 0.4) is 0 Å². The number of ether oxygens (including phenoxy) is 7. The minimum absolute atomic E-state index is 0.215. The van der Waals surface area contributed by atoms with Gasteiger partial charge in [-0.3, -0.25) is 9.80 Å². The van der Waals surface area contributed by atoms with Crippen LogP contribution in [-0.2, 0) is 4.74 Å². The van der Waals surface area contributed by atoms with Gasteiger partial charge in [0.05, 0.1) is 48.8 Å². The molecular weight excluding hydrogens is 548 g/mol. The van der Waals surface area contributed by atoms with Crippen LogP contribution in [0, 0.1) is 0 Å². The first-order chi connectivity index (χ1) is 21.0. The lowest BCUT2D eigenvalue weighted by Crippen LogP contribution is -2.35. The molecule has 0 atom stereocenters. The number of benzene rings is 2. The van der Waals surface area contributed by atoms with Gasteiger partial charge in [-0.05, 0) is 74.2 Å². The molecule has 238 valence electrons. The van der Waals surface area contributed by atoms with Crippen molar-refractivity contribution in [3.63, 3.8) is 0 Å². The molecule has 2 aromatic carbocycles. The lowest BCUT2D eigenvalue weighted by Gasteiger charge is -2.23. The predicted molar refractivity (Wildman–Crippen MR) is 172 cm³/mol. The molecule has 0 amide bonds. The van der Waals surface area contributed by atoms with Crippen molar-refractivity contribution in [2.75, 3.05) is 89.0 Å². The van der Waals surface area contributed by atoms with Crippen LogP contribution < -0.4 is 28.4 Å². The maximum absolute atomic E-state index is 5.85. The largest absolute Gasteiger partial charge is 0.493 e. The summed E-state index contributed by atoms with van der Waals surface area (Å²) in [5, 5.41) is 0. The van der Waals surface area contributed by atoms with E-state index in [-0.39, 0.29) is 6.10 Å². The first-order valence-electron chi connectivity index (χ1n) is 14.9. The summed E-state index contributed by atoms with van der Waals surface area (Å²) < 4.78 is 38.6. The van der Waals surface area contributed by atoms with Crippen LogP contribution in [0.25, 0.3) is 12.2 Å². The van der Waals surface area contributed by atoms with Crippen molar-refractivity contribution < 1.29 is 33.2 Å². The van der Waals surface area contributed by atoms with E-state index in [9.17, 15) is 0 Å². The minimum atomic E-state index is 0.215. The highest BCUT2D eigenvalue weighted by atomic mass is 16.5. The summed E-state index contributed by atoms with van der Waals surface area (Å²) in [6.45, 7) is 6.13. The van der Waals surface area contributed by atoms with Crippen molar-refractivity contribution in [3.8, 4) is 34.5 Å². The summed E-state index contributed by atoms with van der Waals surface area (Å²) in [4.78, 5) is 5.07. The van der Waals surface area contributed by atoms with Gasteiger partial charge in [-0.25, -0.2) is 0 Å². The molecule has 0 spiro atoms. The van der Waals surface area contributed by atoms with Gasteiger partial charge in [0.1, 0.15) is 0 Å². The summed E-state index contributed by atoms with van der Waals surface area (Å²) in [6, 6.07) is 7.86. The molecule has 0 aliphatic carbocycles. The number of unbranched alkanes of at least 4 members (excludes halogenated alkanes) is 2. The van der Waals surface area contributed by atoms with Crippen molar-refractivity contribution in [2.45, 2.75) is 31.8 Å². The summed E-state index contributed by atoms with van der Waals surface area (Å²) in [6.07, 6.45) is 13.0. The molecular formula is C34H50N2O7. The lowest BCUT2D eigenvalue weighted by atomic mass is 10.1. The average Bonchev–Trinajstić information content (AvgIpc) is 3.24. The normalized spacial score (nSPS) is 15.1. The van der Waals surface area contributed by atoms with Crippen LogP contribution in [-0.4, -0.2) is 105 Å². The molecule has 1 aliphatic rings. The zero-order chi connectivity index (χ0) is 31.0. The van der Waals surface area contributed by atoms with Gasteiger partial charge < -0.3 is 33.2 Å². The monoisotopic (exact) mass is 598 g/mol. The fourth-order valence-corrected chi connectivity index (χ4v) is 5.35. The molecule has 0 saturated carbocycles. The quantitative estimate of drug-likeness (QED) is 0.215. The standard InChI is InChI=1S/C34H50N2O7/c1-37-28-24-35(16-12-8-10-14-26-20-29(38-2)33(42-6)30(21-26)39-3)18-19-36(25-28)17-13-9-11-15-27-22-31(40-4)34(43-7)32(23-27)41-5/h10-11,14-15,20-23,28H,8-9,12-13,16-19,24-25H2,1-7H3/b14-10+,15-11+. The highest BCUT2D eigenvalue weighted by Crippen LogP contribution is 2.39. The molecule has 1 saturated heterocycles. The van der Waals surface area contributed by atoms with Crippen LogP contribution in [0.2, 0.25) is 0 Å². The van der Waals surface area contributed by atoms with E-state index in [0.717, 1.165) is 76.1 Å². The number of allylic oxidation sites excluding steroid dienone is 2. The number of hydrogen-bond acceptors (Lipinski definition) is 9. The fourth-order valence-electron chi connectivity index (χ4n) is 5.35. The Kier molecular flexibility index (Phi) is 14.5. The van der Waals surface area contributed by atoms with Crippen LogP contribution in [0.5, 0.6) is 34.5 Å². The highest BCUT2D eigenvalue weighted by molar-refractivity contribution is 5.63. The predicted octanol–water partition coefficient (Wildman–Crippen LogP) is 5.66. The Balaban J connectivity index is 1.44. The Labute approximate surface area is 257 Å². The van der Waals surface area contributed by atoms with Gasteiger partial charge in [0.2, 0.25) is 11.5 Å². The molecule has 0 N–H and O–H groups in total. The molecule has 0 unspecified atom stereocenters. The molecule has 0 bridgehead atoms. The third-order valence-electron chi connectivity index (χ3n) is 7.67. The van der Waals surface area contributed by atoms with E-state index in [4.69, 9.17) is 33.2 Å². The summed E-state index contributed by atoms with van der Waals surface area (Å²) in [5.74, 6) is 3.87. The molecule has 0 aromatic heterocycles. The molecule has 2 aromatic rings. The van der Waals surface area contributed by atoms with Crippen LogP contribution in [0.15, 0.2) is 36.4 Å². The first-order valence-corrected chi connectivity index (χ1v) is 14.9. The number of hydrogen-bond donors (Lipinski definition) is 0. The van der Waals surface area contributed by atoms with E-state index in [1.165, 1.54) is 0 Å². The van der Waals surface area contributed by atoms with Crippen molar-refractivity contribution in [2.24, 2.45) is 0 Å². The van der Waals surface area contributed by atoms with E-state index < -0.39 is 0 Å². The van der Waals surface area contributed by atoms with E-state index in [0.29, 0.717) is 34.5 Å². The Morgan fingerprint density at radius 1 is 0.581 bits per heavy atom. The van der Waals surface area contributed by atoms with Gasteiger partial charge in [-0.15, -0.1) is 0 Å². The molecule has 1 fully saturated rings. The maximum atomic E-state index is 5.85. The third kappa shape index (κ3) is 10.1. The second-order valence-electron chi connectivity index (χ2n) is 10.5. The van der Waals surface area contributed by atoms with Gasteiger partial charge in [0, 0.05) is 33.3 Å². The van der Waals surface area contributed by atoms with Gasteiger partial charge in [-0.2, -0.15) is 0 Å². The van der Waals surface area contributed by atoms with E-state index in [2.05, 4.69) is 34.1 Å². The molecule has 3 rings (SSSR count). The summed E-state index contributed by atoms with van der Waals surface area (Å²) in [5.41, 5.74) is 2.05. The molecule has 9 nitrogen and oxygen atoms in total. The van der Waals surface area contributed by atoms with Crippen molar-refractivity contribution in [3.05, 3.63) is 47.5 Å². The number of rotatable bonds is 17. The van der Waals surface area contributed by atoms with Gasteiger partial charge >= 0.3 is 0 Å². The highest BCUT2D eigenvalue weighted by Gasteiger charge is 2.22. The molecule has 9 heteroatoms. The van der Waals surface area contributed by atoms with E-state index in [1.807, 2.05) is 31.4 Å². The zero-order valence-corrected chi connectivity index (χ0v) is 27.0. The van der Waals surface area contributed by atoms with Gasteiger partial charge in [-0.1, -0.05) is 24.3 Å². The SMILES string of the molecule is COc1cc(/C=C/CCCN2CCN(CCC/C=C/c3cc(OC)c(OC)c(OC)c3)CC(OC)C2)cc(OC)c1OC. The third-order valence-corrected chi connectivity index (χ3v) is 7.67. The smallest absolute Gasteiger partial charge is 0.203 e. The fraction of sp³-hybridized carbons (Fsp3) is 0.529. The first kappa shape index (κ1) is 34.1. The second-order valence-corrected chi connectivity index (χ2v) is 10.5. The Morgan fingerprint density at radius 3 is 1.26 bits per heavy atom. The second kappa shape index (κ2) is 18.3. The van der Waals surface area contributed by atoms with E-state index >= 15 is 0 Å². The van der Waals surface area contributed by atoms with Gasteiger partial charge in [0.15, 0.2) is 23.0 Å². The minimum Gasteiger partial charge on any atom is -0.493 e. The van der Waals surface area contributed by atoms with Crippen LogP contribution in [0.4, 0.5) is 0 Å². The van der Waals surface area contributed by atoms with Crippen molar-refractivity contribution in [1.29, 1.82) is 0 Å². The van der Waals surface area contributed by atoms with Crippen LogP contribution >= 0.6 is 0 Å². The maximum Gasteiger partial charge on any atom is 0.203 e. The molecule has 1 aliphatic heterocycles. The molecule has 43 heavy (non-hydrogen) atoms. The Bertz CT molecular complexity index is 1040. The van der Waals surface area contributed by atoms with Crippen molar-refractivity contribution >= 4 is 12.2 Å². The van der Waals surface area contributed by atoms with Gasteiger partial charge in [0.25, 0.3) is 0 Å². The summed E-state index contributed by atoms with van der Waals surface area (Å²) >= 11 is 0. The zero-order valence-electron chi connectivity index (χ0n) is 27.0. The van der Waals surface area contributed by atoms with Crippen LogP contribution in [0.1, 0.15) is 36.8 Å². The number of methoxy groups -OCH3 is 7. The van der Waals surface area contributed by atoms with Crippen molar-refractivity contribution in [1.82, 2.24) is 9.80 Å². The topological polar surface area (TPSA) is 71.1 Å². The number of nitrogens with zero attached hydrogens (tertiary/aromatic N) is 2. The molecule has 1 heterocycles.